The van der Waals surface area contributed by atoms with E-state index in [1.165, 1.54) is 4.90 Å². The highest BCUT2D eigenvalue weighted by Gasteiger charge is 2.51. The van der Waals surface area contributed by atoms with Gasteiger partial charge in [-0.25, -0.2) is 8.42 Å². The van der Waals surface area contributed by atoms with Gasteiger partial charge < -0.3 is 19.2 Å². The number of amides is 1. The number of sulfone groups is 1. The van der Waals surface area contributed by atoms with Crippen molar-refractivity contribution in [2.75, 3.05) is 18.1 Å². The van der Waals surface area contributed by atoms with E-state index in [9.17, 15) is 23.1 Å². The topological polar surface area (TPSA) is 110 Å². The number of halogens is 2. The van der Waals surface area contributed by atoms with Gasteiger partial charge in [-0.3, -0.25) is 9.59 Å². The number of morpholine rings is 1. The number of carboxylic acids is 1. The predicted molar refractivity (Wildman–Crippen MR) is 209 cm³/mol. The largest absolute Gasteiger partial charge is 0.481 e. The summed E-state index contributed by atoms with van der Waals surface area (Å²) in [6, 6.07) is 32.3. The number of aliphatic carboxylic acids is 1. The van der Waals surface area contributed by atoms with E-state index in [0.717, 1.165) is 10.4 Å². The number of nitrogens with zero attached hydrogens (tertiary/aromatic N) is 1. The zero-order chi connectivity index (χ0) is 37.7. The third kappa shape index (κ3) is 8.81. The number of hydrogen-bond donors (Lipinski definition) is 1. The second-order valence-electron chi connectivity index (χ2n) is 14.1. The highest BCUT2D eigenvalue weighted by Crippen LogP contribution is 2.45. The molecular weight excluding hydrogens is 737 g/mol. The van der Waals surface area contributed by atoms with Crippen LogP contribution in [0.15, 0.2) is 109 Å². The van der Waals surface area contributed by atoms with Gasteiger partial charge in [-0.1, -0.05) is 136 Å². The van der Waals surface area contributed by atoms with Crippen LogP contribution in [-0.2, 0) is 28.6 Å². The van der Waals surface area contributed by atoms with E-state index in [0.29, 0.717) is 21.2 Å². The van der Waals surface area contributed by atoms with Crippen molar-refractivity contribution in [3.63, 3.8) is 0 Å². The Morgan fingerprint density at radius 3 is 2.00 bits per heavy atom. The Labute approximate surface area is 317 Å². The average molecular weight is 783 g/mol. The molecule has 1 aliphatic rings. The molecule has 1 heterocycles. The fourth-order valence-corrected chi connectivity index (χ4v) is 13.8. The van der Waals surface area contributed by atoms with Crippen molar-refractivity contribution >= 4 is 63.6 Å². The maximum Gasteiger partial charge on any atom is 0.306 e. The van der Waals surface area contributed by atoms with Crippen LogP contribution in [0.1, 0.15) is 63.8 Å². The van der Waals surface area contributed by atoms with Crippen LogP contribution >= 0.6 is 23.2 Å². The van der Waals surface area contributed by atoms with E-state index >= 15 is 0 Å². The van der Waals surface area contributed by atoms with E-state index in [1.54, 1.807) is 48.5 Å². The molecule has 1 aliphatic heterocycles. The van der Waals surface area contributed by atoms with E-state index in [-0.39, 0.29) is 29.6 Å². The molecule has 1 unspecified atom stereocenters. The van der Waals surface area contributed by atoms with Crippen molar-refractivity contribution < 1.29 is 32.3 Å². The first-order chi connectivity index (χ1) is 24.7. The molecule has 5 rings (SSSR count). The minimum absolute atomic E-state index is 0.0451. The number of hydrogen-bond acceptors (Lipinski definition) is 6. The lowest BCUT2D eigenvalue weighted by atomic mass is 9.89. The molecule has 0 aliphatic carbocycles. The van der Waals surface area contributed by atoms with E-state index in [1.807, 2.05) is 43.3 Å². The van der Waals surface area contributed by atoms with Crippen molar-refractivity contribution in [3.05, 3.63) is 130 Å². The van der Waals surface area contributed by atoms with E-state index in [4.69, 9.17) is 32.4 Å². The lowest BCUT2D eigenvalue weighted by Gasteiger charge is -2.48. The molecule has 4 aromatic carbocycles. The number of benzene rings is 4. The highest BCUT2D eigenvalue weighted by molar-refractivity contribution is 7.91. The molecule has 276 valence electrons. The summed E-state index contributed by atoms with van der Waals surface area (Å²) in [4.78, 5) is 27.8. The molecule has 8 nitrogen and oxygen atoms in total. The summed E-state index contributed by atoms with van der Waals surface area (Å²) in [5.41, 5.74) is 1.28. The van der Waals surface area contributed by atoms with Gasteiger partial charge in [0.15, 0.2) is 9.84 Å². The Kier molecular flexibility index (Phi) is 12.7. The van der Waals surface area contributed by atoms with Gasteiger partial charge in [0.2, 0.25) is 0 Å². The van der Waals surface area contributed by atoms with Gasteiger partial charge >= 0.3 is 5.97 Å². The van der Waals surface area contributed by atoms with Crippen LogP contribution in [-0.4, -0.2) is 68.9 Å². The quantitative estimate of drug-likeness (QED) is 0.134. The number of carboxylic acid groups (broad SMARTS) is 1. The summed E-state index contributed by atoms with van der Waals surface area (Å²) in [5.74, 6) is -2.43. The second-order valence-corrected chi connectivity index (χ2v) is 21.5. The lowest BCUT2D eigenvalue weighted by molar-refractivity contribution is -0.182. The molecule has 0 saturated carbocycles. The molecule has 52 heavy (non-hydrogen) atoms. The first-order valence-electron chi connectivity index (χ1n) is 17.3. The predicted octanol–water partition coefficient (Wildman–Crippen LogP) is 7.25. The van der Waals surface area contributed by atoms with Crippen LogP contribution in [0.4, 0.5) is 0 Å². The van der Waals surface area contributed by atoms with Crippen LogP contribution in [0.3, 0.4) is 0 Å². The molecule has 0 radical (unpaired) electrons. The van der Waals surface area contributed by atoms with Crippen LogP contribution < -0.4 is 10.4 Å². The molecule has 12 heteroatoms. The zero-order valence-corrected chi connectivity index (χ0v) is 33.1. The molecule has 1 N–H and O–H groups in total. The maximum absolute atomic E-state index is 14.3. The van der Waals surface area contributed by atoms with E-state index in [2.05, 4.69) is 45.0 Å². The first kappa shape index (κ1) is 39.7. The Hall–Kier alpha value is -3.51. The first-order valence-corrected chi connectivity index (χ1v) is 21.8. The zero-order valence-electron chi connectivity index (χ0n) is 29.7. The van der Waals surface area contributed by atoms with Crippen molar-refractivity contribution in [2.45, 2.75) is 69.9 Å². The van der Waals surface area contributed by atoms with E-state index < -0.39 is 60.7 Å². The van der Waals surface area contributed by atoms with Crippen molar-refractivity contribution in [3.8, 4) is 0 Å². The smallest absolute Gasteiger partial charge is 0.306 e. The fraction of sp³-hybridized carbons (Fsp3) is 0.350. The van der Waals surface area contributed by atoms with Crippen molar-refractivity contribution in [1.82, 2.24) is 4.90 Å². The number of carbonyl (C=O) groups excluding carboxylic acids is 1. The normalized spacial score (nSPS) is 19.0. The lowest BCUT2D eigenvalue weighted by Crippen LogP contribution is -2.66. The summed E-state index contributed by atoms with van der Waals surface area (Å²) >= 11 is 12.6. The summed E-state index contributed by atoms with van der Waals surface area (Å²) in [7, 11) is -6.83. The summed E-state index contributed by atoms with van der Waals surface area (Å²) in [5, 5.41) is 12.4. The standard InChI is InChI=1S/C40H45Cl2NO7SSi/c1-5-32(27-51(47,48)24-23-49-52(40(2,3)4,33-15-8-6-9-16-33)34-17-10-7-11-18-34)43-37(28-19-21-30(41)22-20-28)38(29-13-12-14-31(42)25-29)50-35(39(43)46)26-36(44)45/h6-22,25,32,35,37-38H,5,23-24,26-27H2,1-4H3,(H,44,45)/t32?,35-,37+,38+/m0/s1. The summed E-state index contributed by atoms with van der Waals surface area (Å²) in [6.07, 6.45) is -2.50. The Morgan fingerprint density at radius 1 is 0.885 bits per heavy atom. The minimum atomic E-state index is -3.84. The Morgan fingerprint density at radius 2 is 1.48 bits per heavy atom. The monoisotopic (exact) mass is 781 g/mol. The van der Waals surface area contributed by atoms with Crippen LogP contribution in [0, 0.1) is 0 Å². The molecule has 0 spiro atoms. The molecule has 0 bridgehead atoms. The van der Waals surface area contributed by atoms with Crippen molar-refractivity contribution in [2.24, 2.45) is 0 Å². The van der Waals surface area contributed by atoms with Gasteiger partial charge in [-0.2, -0.15) is 0 Å². The number of carbonyl (C=O) groups is 2. The van der Waals surface area contributed by atoms with Gasteiger partial charge in [0.1, 0.15) is 12.2 Å². The van der Waals surface area contributed by atoms with Gasteiger partial charge in [0.25, 0.3) is 14.2 Å². The molecule has 1 fully saturated rings. The SMILES string of the molecule is CCC(CS(=O)(=O)CCO[Si](c1ccccc1)(c1ccccc1)C(C)(C)C)N1C(=O)[C@H](CC(=O)O)O[C@H](c2cccc(Cl)c2)[C@H]1c1ccc(Cl)cc1. The van der Waals surface area contributed by atoms with Gasteiger partial charge in [0, 0.05) is 22.7 Å². The Bertz CT molecular complexity index is 1900. The molecule has 4 atom stereocenters. The highest BCUT2D eigenvalue weighted by atomic mass is 35.5. The molecule has 1 saturated heterocycles. The average Bonchev–Trinajstić information content (AvgIpc) is 3.10. The van der Waals surface area contributed by atoms with Crippen molar-refractivity contribution in [1.29, 1.82) is 0 Å². The number of rotatable bonds is 14. The molecule has 0 aromatic heterocycles. The fourth-order valence-electron chi connectivity index (χ4n) is 7.25. The number of ether oxygens (including phenoxy) is 1. The van der Waals surface area contributed by atoms with Gasteiger partial charge in [-0.15, -0.1) is 0 Å². The summed E-state index contributed by atoms with van der Waals surface area (Å²) < 4.78 is 41.5. The minimum Gasteiger partial charge on any atom is -0.481 e. The molecule has 4 aromatic rings. The van der Waals surface area contributed by atoms with Crippen LogP contribution in [0.5, 0.6) is 0 Å². The van der Waals surface area contributed by atoms with Crippen LogP contribution in [0.25, 0.3) is 0 Å². The third-order valence-electron chi connectivity index (χ3n) is 9.62. The molecular formula is C40H45Cl2NO7SSi. The van der Waals surface area contributed by atoms with Gasteiger partial charge in [-0.05, 0) is 57.2 Å². The molecule has 1 amide bonds. The Balaban J connectivity index is 1.50. The third-order valence-corrected chi connectivity index (χ3v) is 16.8. The second kappa shape index (κ2) is 16.7. The summed E-state index contributed by atoms with van der Waals surface area (Å²) in [6.45, 7) is 8.17. The van der Waals surface area contributed by atoms with Gasteiger partial charge in [0.05, 0.1) is 24.0 Å². The maximum atomic E-state index is 14.3. The van der Waals surface area contributed by atoms with Crippen LogP contribution in [0.2, 0.25) is 15.1 Å².